The molecule has 0 saturated carbocycles. The number of ether oxygens (including phenoxy) is 2. The van der Waals surface area contributed by atoms with Crippen LogP contribution in [0.25, 0.3) is 0 Å². The van der Waals surface area contributed by atoms with E-state index in [1.165, 1.54) is 0 Å². The van der Waals surface area contributed by atoms with Crippen LogP contribution in [-0.2, 0) is 9.47 Å². The molecule has 0 aliphatic rings. The van der Waals surface area contributed by atoms with E-state index in [0.29, 0.717) is 6.61 Å². The van der Waals surface area contributed by atoms with Gasteiger partial charge in [0.25, 0.3) is 0 Å². The summed E-state index contributed by atoms with van der Waals surface area (Å²) < 4.78 is 49.6. The number of unbranched alkanes of at least 4 members (excludes halogenated alkanes) is 2. The zero-order chi connectivity index (χ0) is 17.6. The van der Waals surface area contributed by atoms with E-state index in [-0.39, 0.29) is 32.2 Å². The molecule has 0 aliphatic carbocycles. The SMILES string of the molecule is CCCC(CCC)CC(OCCOCCCCCO)C(F)(F)F. The first-order valence-electron chi connectivity index (χ1n) is 8.82. The Labute approximate surface area is 138 Å². The number of halogens is 3. The number of hydrogen-bond acceptors (Lipinski definition) is 3. The normalized spacial score (nSPS) is 13.7. The predicted octanol–water partition coefficient (Wildman–Crippen LogP) is 4.72. The Morgan fingerprint density at radius 2 is 1.57 bits per heavy atom. The highest BCUT2D eigenvalue weighted by Gasteiger charge is 2.41. The largest absolute Gasteiger partial charge is 0.414 e. The van der Waals surface area contributed by atoms with Crippen LogP contribution in [0, 0.1) is 5.92 Å². The molecule has 0 saturated heterocycles. The molecule has 0 rings (SSSR count). The summed E-state index contributed by atoms with van der Waals surface area (Å²) >= 11 is 0. The second-order valence-electron chi connectivity index (χ2n) is 5.98. The summed E-state index contributed by atoms with van der Waals surface area (Å²) in [6, 6.07) is 0. The van der Waals surface area contributed by atoms with Gasteiger partial charge in [-0.05, 0) is 31.6 Å². The molecule has 1 N–H and O–H groups in total. The van der Waals surface area contributed by atoms with Gasteiger partial charge >= 0.3 is 6.18 Å². The van der Waals surface area contributed by atoms with E-state index in [1.54, 1.807) is 0 Å². The van der Waals surface area contributed by atoms with Crippen molar-refractivity contribution in [3.63, 3.8) is 0 Å². The highest BCUT2D eigenvalue weighted by Crippen LogP contribution is 2.31. The fourth-order valence-corrected chi connectivity index (χ4v) is 2.64. The maximum atomic E-state index is 13.1. The van der Waals surface area contributed by atoms with Gasteiger partial charge in [-0.25, -0.2) is 0 Å². The van der Waals surface area contributed by atoms with Crippen LogP contribution in [0.2, 0.25) is 0 Å². The van der Waals surface area contributed by atoms with Crippen molar-refractivity contribution < 1.29 is 27.8 Å². The lowest BCUT2D eigenvalue weighted by Gasteiger charge is -2.25. The average Bonchev–Trinajstić information content (AvgIpc) is 2.48. The van der Waals surface area contributed by atoms with Crippen molar-refractivity contribution in [2.24, 2.45) is 5.92 Å². The van der Waals surface area contributed by atoms with Gasteiger partial charge in [-0.15, -0.1) is 0 Å². The van der Waals surface area contributed by atoms with Crippen LogP contribution in [0.4, 0.5) is 13.2 Å². The van der Waals surface area contributed by atoms with Gasteiger partial charge in [-0.3, -0.25) is 0 Å². The lowest BCUT2D eigenvalue weighted by atomic mass is 9.92. The summed E-state index contributed by atoms with van der Waals surface area (Å²) in [5.74, 6) is 0.0658. The first-order chi connectivity index (χ1) is 11.0. The maximum absolute atomic E-state index is 13.1. The van der Waals surface area contributed by atoms with Crippen molar-refractivity contribution in [1.82, 2.24) is 0 Å². The molecule has 0 amide bonds. The predicted molar refractivity (Wildman–Crippen MR) is 85.5 cm³/mol. The van der Waals surface area contributed by atoms with E-state index in [4.69, 9.17) is 14.6 Å². The highest BCUT2D eigenvalue weighted by molar-refractivity contribution is 4.73. The van der Waals surface area contributed by atoms with Crippen LogP contribution in [0.1, 0.15) is 65.2 Å². The van der Waals surface area contributed by atoms with Crippen LogP contribution in [0.15, 0.2) is 0 Å². The third-order valence-corrected chi connectivity index (χ3v) is 3.80. The fraction of sp³-hybridized carbons (Fsp3) is 1.00. The van der Waals surface area contributed by atoms with E-state index in [1.807, 2.05) is 13.8 Å². The Morgan fingerprint density at radius 1 is 0.913 bits per heavy atom. The van der Waals surface area contributed by atoms with Crippen LogP contribution >= 0.6 is 0 Å². The molecule has 0 heterocycles. The number of hydrogen-bond donors (Lipinski definition) is 1. The van der Waals surface area contributed by atoms with Gasteiger partial charge in [0, 0.05) is 13.2 Å². The lowest BCUT2D eigenvalue weighted by Crippen LogP contribution is -2.34. The molecule has 0 fully saturated rings. The summed E-state index contributed by atoms with van der Waals surface area (Å²) in [5.41, 5.74) is 0. The average molecular weight is 342 g/mol. The summed E-state index contributed by atoms with van der Waals surface area (Å²) in [7, 11) is 0. The van der Waals surface area contributed by atoms with Crippen molar-refractivity contribution in [3.05, 3.63) is 0 Å². The van der Waals surface area contributed by atoms with E-state index in [0.717, 1.165) is 44.9 Å². The molecule has 1 unspecified atom stereocenters. The Balaban J connectivity index is 4.06. The topological polar surface area (TPSA) is 38.7 Å². The van der Waals surface area contributed by atoms with Crippen LogP contribution in [-0.4, -0.2) is 43.8 Å². The summed E-state index contributed by atoms with van der Waals surface area (Å²) in [4.78, 5) is 0. The number of alkyl halides is 3. The van der Waals surface area contributed by atoms with E-state index in [9.17, 15) is 13.2 Å². The van der Waals surface area contributed by atoms with Crippen LogP contribution in [0.3, 0.4) is 0 Å². The smallest absolute Gasteiger partial charge is 0.396 e. The molecule has 6 heteroatoms. The summed E-state index contributed by atoms with van der Waals surface area (Å²) in [6.07, 6.45) is -0.163. The second kappa shape index (κ2) is 14.1. The minimum absolute atomic E-state index is 0.0326. The van der Waals surface area contributed by atoms with Crippen molar-refractivity contribution in [3.8, 4) is 0 Å². The van der Waals surface area contributed by atoms with Gasteiger partial charge in [0.1, 0.15) is 0 Å². The van der Waals surface area contributed by atoms with Crippen molar-refractivity contribution in [2.45, 2.75) is 77.5 Å². The van der Waals surface area contributed by atoms with Crippen molar-refractivity contribution in [1.29, 1.82) is 0 Å². The van der Waals surface area contributed by atoms with Crippen molar-refractivity contribution in [2.75, 3.05) is 26.4 Å². The van der Waals surface area contributed by atoms with Crippen LogP contribution < -0.4 is 0 Å². The van der Waals surface area contributed by atoms with Crippen molar-refractivity contribution >= 4 is 0 Å². The van der Waals surface area contributed by atoms with E-state index in [2.05, 4.69) is 0 Å². The number of rotatable bonds is 15. The molecular formula is C17H33F3O3. The molecule has 0 aliphatic heterocycles. The first-order valence-corrected chi connectivity index (χ1v) is 8.82. The molecule has 1 atom stereocenters. The fourth-order valence-electron chi connectivity index (χ4n) is 2.64. The third-order valence-electron chi connectivity index (χ3n) is 3.80. The Hall–Kier alpha value is -0.330. The Bertz CT molecular complexity index is 254. The second-order valence-corrected chi connectivity index (χ2v) is 5.98. The van der Waals surface area contributed by atoms with Gasteiger partial charge in [0.05, 0.1) is 13.2 Å². The monoisotopic (exact) mass is 342 g/mol. The standard InChI is InChI=1S/C17H33F3O3/c1-3-8-15(9-4-2)14-16(17(18,19)20)23-13-12-22-11-7-5-6-10-21/h15-16,21H,3-14H2,1-2H3. The molecule has 0 aromatic carbocycles. The molecule has 0 radical (unpaired) electrons. The van der Waals surface area contributed by atoms with Crippen LogP contribution in [0.5, 0.6) is 0 Å². The first kappa shape index (κ1) is 22.7. The Kier molecular flexibility index (Phi) is 13.8. The molecular weight excluding hydrogens is 309 g/mol. The number of aliphatic hydroxyl groups is 1. The summed E-state index contributed by atoms with van der Waals surface area (Å²) in [6.45, 7) is 4.79. The minimum atomic E-state index is -4.32. The zero-order valence-corrected chi connectivity index (χ0v) is 14.5. The lowest BCUT2D eigenvalue weighted by molar-refractivity contribution is -0.228. The summed E-state index contributed by atoms with van der Waals surface area (Å²) in [5, 5.41) is 8.63. The van der Waals surface area contributed by atoms with Gasteiger partial charge in [0.15, 0.2) is 6.10 Å². The van der Waals surface area contributed by atoms with Gasteiger partial charge in [-0.2, -0.15) is 13.2 Å². The number of aliphatic hydroxyl groups excluding tert-OH is 1. The zero-order valence-electron chi connectivity index (χ0n) is 14.5. The third kappa shape index (κ3) is 12.7. The van der Waals surface area contributed by atoms with Gasteiger partial charge in [0.2, 0.25) is 0 Å². The van der Waals surface area contributed by atoms with E-state index < -0.39 is 12.3 Å². The molecule has 0 bridgehead atoms. The quantitative estimate of drug-likeness (QED) is 0.438. The minimum Gasteiger partial charge on any atom is -0.396 e. The molecule has 0 spiro atoms. The maximum Gasteiger partial charge on any atom is 0.414 e. The van der Waals surface area contributed by atoms with Gasteiger partial charge in [-0.1, -0.05) is 39.5 Å². The highest BCUT2D eigenvalue weighted by atomic mass is 19.4. The molecule has 0 aromatic rings. The molecule has 140 valence electrons. The van der Waals surface area contributed by atoms with Gasteiger partial charge < -0.3 is 14.6 Å². The molecule has 3 nitrogen and oxygen atoms in total. The molecule has 0 aromatic heterocycles. The Morgan fingerprint density at radius 3 is 2.09 bits per heavy atom. The van der Waals surface area contributed by atoms with E-state index >= 15 is 0 Å². The molecule has 23 heavy (non-hydrogen) atoms.